The number of hydrogen-bond acceptors (Lipinski definition) is 2. The number of hydrogen-bond donors (Lipinski definition) is 1. The summed E-state index contributed by atoms with van der Waals surface area (Å²) in [5.41, 5.74) is 8.49. The van der Waals surface area contributed by atoms with Gasteiger partial charge in [0, 0.05) is 25.2 Å². The molecule has 0 unspecified atom stereocenters. The number of nitrogens with two attached hydrogens (primary N) is 1. The summed E-state index contributed by atoms with van der Waals surface area (Å²) in [6, 6.07) is 5.98. The molecule has 1 aromatic rings. The zero-order chi connectivity index (χ0) is 12.8. The minimum Gasteiger partial charge on any atom is -0.337 e. The lowest BCUT2D eigenvalue weighted by Crippen LogP contribution is -2.36. The van der Waals surface area contributed by atoms with Crippen molar-refractivity contribution in [3.63, 3.8) is 0 Å². The summed E-state index contributed by atoms with van der Waals surface area (Å²) in [6.45, 7) is 7.95. The highest BCUT2D eigenvalue weighted by Gasteiger charge is 2.16. The molecular formula is C14H22N2O. The second-order valence-electron chi connectivity index (χ2n) is 4.40. The maximum atomic E-state index is 12.4. The smallest absolute Gasteiger partial charge is 0.254 e. The first-order chi connectivity index (χ1) is 8.10. The van der Waals surface area contributed by atoms with Gasteiger partial charge < -0.3 is 10.6 Å². The average molecular weight is 234 g/mol. The van der Waals surface area contributed by atoms with E-state index in [1.807, 2.05) is 36.9 Å². The van der Waals surface area contributed by atoms with E-state index >= 15 is 0 Å². The standard InChI is InChI=1S/C14H22N2O/c1-4-8-16(9-7-15)14(17)13-10-11(2)5-6-12(13)3/h5-6,10H,4,7-9,15H2,1-3H3. The Hall–Kier alpha value is -1.35. The molecule has 1 aromatic carbocycles. The van der Waals surface area contributed by atoms with Crippen molar-refractivity contribution in [3.05, 3.63) is 34.9 Å². The molecule has 0 heterocycles. The van der Waals surface area contributed by atoms with E-state index in [0.29, 0.717) is 13.1 Å². The second kappa shape index (κ2) is 6.40. The third kappa shape index (κ3) is 3.56. The molecule has 0 aliphatic heterocycles. The lowest BCUT2D eigenvalue weighted by Gasteiger charge is -2.22. The molecule has 1 amide bonds. The molecular weight excluding hydrogens is 212 g/mol. The van der Waals surface area contributed by atoms with Crippen LogP contribution in [0, 0.1) is 13.8 Å². The number of benzene rings is 1. The number of aryl methyl sites for hydroxylation is 2. The van der Waals surface area contributed by atoms with Crippen LogP contribution in [0.25, 0.3) is 0 Å². The summed E-state index contributed by atoms with van der Waals surface area (Å²) in [6.07, 6.45) is 0.955. The third-order valence-electron chi connectivity index (χ3n) is 2.80. The first-order valence-electron chi connectivity index (χ1n) is 6.16. The largest absolute Gasteiger partial charge is 0.337 e. The van der Waals surface area contributed by atoms with Crippen molar-refractivity contribution in [1.29, 1.82) is 0 Å². The van der Waals surface area contributed by atoms with E-state index in [1.54, 1.807) is 0 Å². The Bertz CT molecular complexity index is 382. The molecule has 2 N–H and O–H groups in total. The van der Waals surface area contributed by atoms with Gasteiger partial charge in [0.1, 0.15) is 0 Å². The summed E-state index contributed by atoms with van der Waals surface area (Å²) in [5.74, 6) is 0.0958. The number of carbonyl (C=O) groups is 1. The van der Waals surface area contributed by atoms with E-state index < -0.39 is 0 Å². The van der Waals surface area contributed by atoms with Crippen LogP contribution in [0.1, 0.15) is 34.8 Å². The van der Waals surface area contributed by atoms with E-state index in [9.17, 15) is 4.79 Å². The Kier molecular flexibility index (Phi) is 5.16. The zero-order valence-corrected chi connectivity index (χ0v) is 11.0. The molecule has 94 valence electrons. The van der Waals surface area contributed by atoms with E-state index in [-0.39, 0.29) is 5.91 Å². The SMILES string of the molecule is CCCN(CCN)C(=O)c1cc(C)ccc1C. The van der Waals surface area contributed by atoms with Crippen molar-refractivity contribution in [2.24, 2.45) is 5.73 Å². The molecule has 3 nitrogen and oxygen atoms in total. The highest BCUT2D eigenvalue weighted by Crippen LogP contribution is 2.13. The molecule has 0 aromatic heterocycles. The number of nitrogens with zero attached hydrogens (tertiary/aromatic N) is 1. The maximum Gasteiger partial charge on any atom is 0.254 e. The maximum absolute atomic E-state index is 12.4. The van der Waals surface area contributed by atoms with Crippen molar-refractivity contribution >= 4 is 5.91 Å². The molecule has 0 radical (unpaired) electrons. The molecule has 0 aliphatic rings. The molecule has 0 saturated heterocycles. The molecule has 0 atom stereocenters. The van der Waals surface area contributed by atoms with Crippen LogP contribution in [0.5, 0.6) is 0 Å². The lowest BCUT2D eigenvalue weighted by molar-refractivity contribution is 0.0759. The third-order valence-corrected chi connectivity index (χ3v) is 2.80. The van der Waals surface area contributed by atoms with Gasteiger partial charge in [-0.3, -0.25) is 4.79 Å². The lowest BCUT2D eigenvalue weighted by atomic mass is 10.0. The van der Waals surface area contributed by atoms with Gasteiger partial charge in [-0.05, 0) is 31.9 Å². The Morgan fingerprint density at radius 3 is 2.59 bits per heavy atom. The van der Waals surface area contributed by atoms with Crippen LogP contribution in [0.3, 0.4) is 0 Å². The summed E-state index contributed by atoms with van der Waals surface area (Å²) in [4.78, 5) is 14.2. The summed E-state index contributed by atoms with van der Waals surface area (Å²) >= 11 is 0. The number of amides is 1. The van der Waals surface area contributed by atoms with Gasteiger partial charge in [0.2, 0.25) is 0 Å². The van der Waals surface area contributed by atoms with E-state index in [2.05, 4.69) is 6.92 Å². The van der Waals surface area contributed by atoms with Crippen molar-refractivity contribution < 1.29 is 4.79 Å². The van der Waals surface area contributed by atoms with Gasteiger partial charge in [0.15, 0.2) is 0 Å². The van der Waals surface area contributed by atoms with Crippen LogP contribution in [-0.2, 0) is 0 Å². The topological polar surface area (TPSA) is 46.3 Å². The second-order valence-corrected chi connectivity index (χ2v) is 4.40. The first-order valence-corrected chi connectivity index (χ1v) is 6.16. The van der Waals surface area contributed by atoms with Crippen LogP contribution >= 0.6 is 0 Å². The predicted molar refractivity (Wildman–Crippen MR) is 71.2 cm³/mol. The number of carbonyl (C=O) groups excluding carboxylic acids is 1. The van der Waals surface area contributed by atoms with Gasteiger partial charge in [-0.2, -0.15) is 0 Å². The van der Waals surface area contributed by atoms with Gasteiger partial charge in [-0.1, -0.05) is 24.6 Å². The zero-order valence-electron chi connectivity index (χ0n) is 11.0. The Balaban J connectivity index is 2.95. The molecule has 0 aliphatic carbocycles. The van der Waals surface area contributed by atoms with Gasteiger partial charge in [-0.15, -0.1) is 0 Å². The molecule has 0 saturated carbocycles. The summed E-state index contributed by atoms with van der Waals surface area (Å²) < 4.78 is 0. The number of rotatable bonds is 5. The van der Waals surface area contributed by atoms with E-state index in [1.165, 1.54) is 0 Å². The fourth-order valence-corrected chi connectivity index (χ4v) is 1.88. The van der Waals surface area contributed by atoms with E-state index in [0.717, 1.165) is 29.7 Å². The van der Waals surface area contributed by atoms with Gasteiger partial charge >= 0.3 is 0 Å². The highest BCUT2D eigenvalue weighted by molar-refractivity contribution is 5.95. The minimum atomic E-state index is 0.0958. The van der Waals surface area contributed by atoms with Crippen LogP contribution in [0.2, 0.25) is 0 Å². The van der Waals surface area contributed by atoms with E-state index in [4.69, 9.17) is 5.73 Å². The molecule has 3 heteroatoms. The highest BCUT2D eigenvalue weighted by atomic mass is 16.2. The van der Waals surface area contributed by atoms with Crippen molar-refractivity contribution in [3.8, 4) is 0 Å². The van der Waals surface area contributed by atoms with Gasteiger partial charge in [-0.25, -0.2) is 0 Å². The average Bonchev–Trinajstić information content (AvgIpc) is 2.31. The van der Waals surface area contributed by atoms with Crippen molar-refractivity contribution in [1.82, 2.24) is 4.90 Å². The van der Waals surface area contributed by atoms with Crippen LogP contribution in [0.4, 0.5) is 0 Å². The Morgan fingerprint density at radius 2 is 2.00 bits per heavy atom. The van der Waals surface area contributed by atoms with Crippen LogP contribution < -0.4 is 5.73 Å². The summed E-state index contributed by atoms with van der Waals surface area (Å²) in [5, 5.41) is 0. The summed E-state index contributed by atoms with van der Waals surface area (Å²) in [7, 11) is 0. The minimum absolute atomic E-state index is 0.0958. The van der Waals surface area contributed by atoms with Crippen LogP contribution in [-0.4, -0.2) is 30.4 Å². The van der Waals surface area contributed by atoms with Gasteiger partial charge in [0.25, 0.3) is 5.91 Å². The normalized spacial score (nSPS) is 10.4. The molecule has 1 rings (SSSR count). The first kappa shape index (κ1) is 13.7. The Labute approximate surface area is 104 Å². The fraction of sp³-hybridized carbons (Fsp3) is 0.500. The molecule has 0 bridgehead atoms. The monoisotopic (exact) mass is 234 g/mol. The molecule has 0 spiro atoms. The fourth-order valence-electron chi connectivity index (χ4n) is 1.88. The molecule has 17 heavy (non-hydrogen) atoms. The molecule has 0 fully saturated rings. The van der Waals surface area contributed by atoms with Crippen molar-refractivity contribution in [2.75, 3.05) is 19.6 Å². The van der Waals surface area contributed by atoms with Crippen molar-refractivity contribution in [2.45, 2.75) is 27.2 Å². The van der Waals surface area contributed by atoms with Gasteiger partial charge in [0.05, 0.1) is 0 Å². The predicted octanol–water partition coefficient (Wildman–Crippen LogP) is 2.11. The Morgan fingerprint density at radius 1 is 1.29 bits per heavy atom. The van der Waals surface area contributed by atoms with Crippen LogP contribution in [0.15, 0.2) is 18.2 Å². The quantitative estimate of drug-likeness (QED) is 0.848.